The van der Waals surface area contributed by atoms with E-state index in [0.717, 1.165) is 25.7 Å². The Morgan fingerprint density at radius 3 is 2.17 bits per heavy atom. The first kappa shape index (κ1) is 10.3. The minimum atomic E-state index is -3.50. The van der Waals surface area contributed by atoms with Crippen LogP contribution in [-0.2, 0) is 9.24 Å². The zero-order valence-corrected chi connectivity index (χ0v) is 8.74. The van der Waals surface area contributed by atoms with Gasteiger partial charge >= 0.3 is 0 Å². The van der Waals surface area contributed by atoms with Gasteiger partial charge in [0.2, 0.25) is 0 Å². The van der Waals surface area contributed by atoms with E-state index in [1.165, 1.54) is 10.7 Å². The summed E-state index contributed by atoms with van der Waals surface area (Å²) in [6, 6.07) is 0.126. The average molecular weight is 212 g/mol. The van der Waals surface area contributed by atoms with Gasteiger partial charge in [-0.1, -0.05) is 19.3 Å². The van der Waals surface area contributed by atoms with Gasteiger partial charge in [0.15, 0.2) is 0 Å². The smallest absolute Gasteiger partial charge is 0.195 e. The van der Waals surface area contributed by atoms with E-state index < -0.39 is 9.24 Å². The first-order valence-corrected chi connectivity index (χ1v) is 6.46. The van der Waals surface area contributed by atoms with Crippen LogP contribution in [0.3, 0.4) is 0 Å². The summed E-state index contributed by atoms with van der Waals surface area (Å²) in [6.07, 6.45) is 5.33. The van der Waals surface area contributed by atoms with E-state index in [9.17, 15) is 8.42 Å². The molecule has 0 aromatic rings. The molecule has 0 radical (unpaired) electrons. The van der Waals surface area contributed by atoms with Crippen LogP contribution in [0.15, 0.2) is 0 Å². The Morgan fingerprint density at radius 2 is 1.75 bits per heavy atom. The summed E-state index contributed by atoms with van der Waals surface area (Å²) in [5.41, 5.74) is 0. The Labute approximate surface area is 78.3 Å². The van der Waals surface area contributed by atoms with E-state index in [-0.39, 0.29) is 6.04 Å². The molecule has 0 atom stereocenters. The van der Waals surface area contributed by atoms with Gasteiger partial charge in [0.25, 0.3) is 9.24 Å². The summed E-state index contributed by atoms with van der Waals surface area (Å²) < 4.78 is 23.1. The van der Waals surface area contributed by atoms with E-state index >= 15 is 0 Å². The van der Waals surface area contributed by atoms with Crippen molar-refractivity contribution in [2.24, 2.45) is 0 Å². The maximum Gasteiger partial charge on any atom is 0.299 e. The molecule has 0 unspecified atom stereocenters. The molecule has 5 heteroatoms. The summed E-state index contributed by atoms with van der Waals surface area (Å²) in [7, 11) is 3.27. The van der Waals surface area contributed by atoms with Crippen LogP contribution >= 0.6 is 10.7 Å². The lowest BCUT2D eigenvalue weighted by Crippen LogP contribution is -2.35. The van der Waals surface area contributed by atoms with Gasteiger partial charge in [-0.3, -0.25) is 0 Å². The molecule has 72 valence electrons. The lowest BCUT2D eigenvalue weighted by Gasteiger charge is -2.27. The fourth-order valence-electron chi connectivity index (χ4n) is 1.62. The van der Waals surface area contributed by atoms with Crippen LogP contribution < -0.4 is 0 Å². The van der Waals surface area contributed by atoms with Crippen LogP contribution in [0.5, 0.6) is 0 Å². The van der Waals surface area contributed by atoms with Crippen molar-refractivity contribution < 1.29 is 8.42 Å². The lowest BCUT2D eigenvalue weighted by atomic mass is 9.96. The van der Waals surface area contributed by atoms with Gasteiger partial charge in [-0.25, -0.2) is 0 Å². The molecule has 0 aromatic heterocycles. The fourth-order valence-corrected chi connectivity index (χ4v) is 2.53. The highest BCUT2D eigenvalue weighted by molar-refractivity contribution is 8.11. The molecule has 3 nitrogen and oxygen atoms in total. The molecule has 12 heavy (non-hydrogen) atoms. The molecule has 0 heterocycles. The molecule has 0 aliphatic heterocycles. The molecule has 0 spiro atoms. The van der Waals surface area contributed by atoms with Crippen LogP contribution in [0.25, 0.3) is 0 Å². The van der Waals surface area contributed by atoms with Gasteiger partial charge in [0.05, 0.1) is 0 Å². The Kier molecular flexibility index (Phi) is 3.37. The number of rotatable bonds is 2. The fraction of sp³-hybridized carbons (Fsp3) is 1.00. The van der Waals surface area contributed by atoms with E-state index in [1.807, 2.05) is 0 Å². The highest BCUT2D eigenvalue weighted by Gasteiger charge is 2.25. The Balaban J connectivity index is 2.57. The average Bonchev–Trinajstić information content (AvgIpc) is 2.03. The molecule has 1 fully saturated rings. The van der Waals surface area contributed by atoms with Gasteiger partial charge < -0.3 is 0 Å². The Morgan fingerprint density at radius 1 is 1.25 bits per heavy atom. The number of hydrogen-bond acceptors (Lipinski definition) is 2. The van der Waals surface area contributed by atoms with Crippen molar-refractivity contribution in [3.63, 3.8) is 0 Å². The molecule has 0 amide bonds. The number of hydrogen-bond donors (Lipinski definition) is 0. The highest BCUT2D eigenvalue weighted by Crippen LogP contribution is 2.24. The number of halogens is 1. The Hall–Kier alpha value is 0.200. The van der Waals surface area contributed by atoms with Crippen LogP contribution in [0.4, 0.5) is 0 Å². The summed E-state index contributed by atoms with van der Waals surface area (Å²) in [4.78, 5) is 0. The van der Waals surface area contributed by atoms with E-state index in [4.69, 9.17) is 10.7 Å². The first-order chi connectivity index (χ1) is 5.52. The first-order valence-electron chi connectivity index (χ1n) is 4.19. The minimum absolute atomic E-state index is 0.126. The van der Waals surface area contributed by atoms with Crippen molar-refractivity contribution in [2.75, 3.05) is 7.05 Å². The zero-order chi connectivity index (χ0) is 9.19. The van der Waals surface area contributed by atoms with Crippen LogP contribution in [0.1, 0.15) is 32.1 Å². The van der Waals surface area contributed by atoms with Gasteiger partial charge in [-0.15, -0.1) is 0 Å². The third-order valence-corrected chi connectivity index (χ3v) is 4.07. The third kappa shape index (κ3) is 2.61. The van der Waals surface area contributed by atoms with Crippen molar-refractivity contribution >= 4 is 19.9 Å². The largest absolute Gasteiger partial charge is 0.299 e. The predicted molar refractivity (Wildman–Crippen MR) is 49.4 cm³/mol. The molecule has 1 aliphatic rings. The molecule has 1 saturated carbocycles. The van der Waals surface area contributed by atoms with Gasteiger partial charge in [0.1, 0.15) is 0 Å². The zero-order valence-electron chi connectivity index (χ0n) is 7.16. The van der Waals surface area contributed by atoms with Crippen molar-refractivity contribution in [1.29, 1.82) is 0 Å². The van der Waals surface area contributed by atoms with Crippen LogP contribution in [0.2, 0.25) is 0 Å². The topological polar surface area (TPSA) is 37.4 Å². The number of nitrogens with zero attached hydrogens (tertiary/aromatic N) is 1. The Bertz CT molecular complexity index is 234. The second-order valence-corrected chi connectivity index (χ2v) is 5.82. The molecule has 0 bridgehead atoms. The van der Waals surface area contributed by atoms with E-state index in [1.54, 1.807) is 7.05 Å². The van der Waals surface area contributed by atoms with Gasteiger partial charge in [0, 0.05) is 23.8 Å². The van der Waals surface area contributed by atoms with Gasteiger partial charge in [-0.05, 0) is 12.8 Å². The molecule has 0 aromatic carbocycles. The van der Waals surface area contributed by atoms with E-state index in [0.29, 0.717) is 0 Å². The monoisotopic (exact) mass is 211 g/mol. The predicted octanol–water partition coefficient (Wildman–Crippen LogP) is 1.73. The van der Waals surface area contributed by atoms with Crippen molar-refractivity contribution in [3.05, 3.63) is 0 Å². The molecule has 1 aliphatic carbocycles. The lowest BCUT2D eigenvalue weighted by molar-refractivity contribution is 0.290. The second-order valence-electron chi connectivity index (χ2n) is 3.25. The maximum absolute atomic E-state index is 10.9. The summed E-state index contributed by atoms with van der Waals surface area (Å²) >= 11 is 0. The minimum Gasteiger partial charge on any atom is -0.195 e. The van der Waals surface area contributed by atoms with Crippen molar-refractivity contribution in [1.82, 2.24) is 4.31 Å². The van der Waals surface area contributed by atoms with E-state index in [2.05, 4.69) is 0 Å². The highest BCUT2D eigenvalue weighted by atomic mass is 35.7. The molecular weight excluding hydrogens is 198 g/mol. The quantitative estimate of drug-likeness (QED) is 0.653. The van der Waals surface area contributed by atoms with Gasteiger partial charge in [-0.2, -0.15) is 12.7 Å². The third-order valence-electron chi connectivity index (χ3n) is 2.43. The second kappa shape index (κ2) is 3.94. The SMILES string of the molecule is CN(C1CCCCC1)S(=O)(=O)Cl. The van der Waals surface area contributed by atoms with Crippen molar-refractivity contribution in [2.45, 2.75) is 38.1 Å². The standard InChI is InChI=1S/C7H14ClNO2S/c1-9(12(8,10)11)7-5-3-2-4-6-7/h7H,2-6H2,1H3. The maximum atomic E-state index is 10.9. The van der Waals surface area contributed by atoms with Crippen LogP contribution in [-0.4, -0.2) is 25.8 Å². The molecule has 0 saturated heterocycles. The summed E-state index contributed by atoms with van der Waals surface area (Å²) in [5, 5.41) is 0. The molecule has 1 rings (SSSR count). The normalized spacial score (nSPS) is 21.6. The van der Waals surface area contributed by atoms with Crippen LogP contribution in [0, 0.1) is 0 Å². The molecular formula is C7H14ClNO2S. The summed E-state index contributed by atoms with van der Waals surface area (Å²) in [6.45, 7) is 0. The van der Waals surface area contributed by atoms with Crippen molar-refractivity contribution in [3.8, 4) is 0 Å². The molecule has 0 N–H and O–H groups in total. The summed E-state index contributed by atoms with van der Waals surface area (Å²) in [5.74, 6) is 0.